The Labute approximate surface area is 204 Å². The molecule has 0 amide bonds. The van der Waals surface area contributed by atoms with Crippen LogP contribution in [0.2, 0.25) is 0 Å². The molecule has 0 aliphatic carbocycles. The van der Waals surface area contributed by atoms with Crippen LogP contribution in [0.1, 0.15) is 0 Å². The number of nitrogen functional groups attached to an aromatic ring is 1. The van der Waals surface area contributed by atoms with Crippen molar-refractivity contribution in [3.63, 3.8) is 0 Å². The standard InChI is InChI=1S/C30H26N2P2/c31-25-21-23-26(24-22-25)32(33(27-13-5-1-6-14-27)28-15-7-2-8-16-28)34(29-17-9-3-10-18-29)30-19-11-4-12-20-30/h1-24H,31H2. The quantitative estimate of drug-likeness (QED) is 0.225. The van der Waals surface area contributed by atoms with Crippen molar-refractivity contribution in [2.24, 2.45) is 0 Å². The summed E-state index contributed by atoms with van der Waals surface area (Å²) in [4.78, 5) is 0. The Morgan fingerprint density at radius 2 is 0.676 bits per heavy atom. The molecule has 0 radical (unpaired) electrons. The molecule has 0 spiro atoms. The molecule has 0 atom stereocenters. The third kappa shape index (κ3) is 4.90. The molecule has 166 valence electrons. The van der Waals surface area contributed by atoms with Gasteiger partial charge in [-0.2, -0.15) is 0 Å². The summed E-state index contributed by atoms with van der Waals surface area (Å²) in [6.07, 6.45) is 0. The van der Waals surface area contributed by atoms with Crippen LogP contribution < -0.4 is 31.4 Å². The third-order valence-corrected chi connectivity index (χ3v) is 10.9. The molecule has 34 heavy (non-hydrogen) atoms. The third-order valence-electron chi connectivity index (χ3n) is 5.51. The van der Waals surface area contributed by atoms with Crippen molar-refractivity contribution in [3.8, 4) is 0 Å². The van der Waals surface area contributed by atoms with Crippen LogP contribution in [0, 0.1) is 0 Å². The average molecular weight is 477 g/mol. The van der Waals surface area contributed by atoms with E-state index in [-0.39, 0.29) is 0 Å². The molecule has 0 aliphatic heterocycles. The lowest BCUT2D eigenvalue weighted by Crippen LogP contribution is -2.31. The number of hydrogen-bond acceptors (Lipinski definition) is 2. The predicted octanol–water partition coefficient (Wildman–Crippen LogP) is 6.17. The highest BCUT2D eigenvalue weighted by Gasteiger charge is 2.32. The minimum Gasteiger partial charge on any atom is -0.399 e. The summed E-state index contributed by atoms with van der Waals surface area (Å²) in [6, 6.07) is 51.9. The second-order valence-corrected chi connectivity index (χ2v) is 12.3. The van der Waals surface area contributed by atoms with E-state index in [9.17, 15) is 0 Å². The Bertz CT molecular complexity index is 1130. The van der Waals surface area contributed by atoms with E-state index in [1.807, 2.05) is 12.1 Å². The summed E-state index contributed by atoms with van der Waals surface area (Å²) in [5.41, 5.74) is 8.06. The van der Waals surface area contributed by atoms with Gasteiger partial charge in [0, 0.05) is 32.6 Å². The molecule has 2 nitrogen and oxygen atoms in total. The molecule has 5 rings (SSSR count). The fourth-order valence-corrected chi connectivity index (χ4v) is 9.91. The molecule has 0 fully saturated rings. The van der Waals surface area contributed by atoms with Gasteiger partial charge >= 0.3 is 0 Å². The van der Waals surface area contributed by atoms with Crippen LogP contribution in [0.4, 0.5) is 11.4 Å². The minimum atomic E-state index is -0.866. The van der Waals surface area contributed by atoms with Crippen molar-refractivity contribution < 1.29 is 0 Å². The maximum atomic E-state index is 6.12. The summed E-state index contributed by atoms with van der Waals surface area (Å²) < 4.78 is 2.65. The zero-order valence-corrected chi connectivity index (χ0v) is 20.6. The Morgan fingerprint density at radius 1 is 0.382 bits per heavy atom. The van der Waals surface area contributed by atoms with E-state index < -0.39 is 16.1 Å². The Kier molecular flexibility index (Phi) is 7.01. The number of hydrogen-bond donors (Lipinski definition) is 1. The van der Waals surface area contributed by atoms with Gasteiger partial charge in [0.15, 0.2) is 0 Å². The first-order valence-electron chi connectivity index (χ1n) is 11.3. The first-order chi connectivity index (χ1) is 16.8. The van der Waals surface area contributed by atoms with E-state index in [0.717, 1.165) is 5.69 Å². The molecule has 0 saturated heterocycles. The van der Waals surface area contributed by atoms with Crippen molar-refractivity contribution >= 4 is 48.7 Å². The molecule has 5 aromatic rings. The van der Waals surface area contributed by atoms with E-state index >= 15 is 0 Å². The van der Waals surface area contributed by atoms with Gasteiger partial charge in [-0.3, -0.25) is 0 Å². The number of anilines is 2. The van der Waals surface area contributed by atoms with E-state index in [0.29, 0.717) is 0 Å². The molecular formula is C30H26N2P2. The summed E-state index contributed by atoms with van der Waals surface area (Å²) >= 11 is 0. The van der Waals surface area contributed by atoms with E-state index in [1.54, 1.807) is 0 Å². The first-order valence-corrected chi connectivity index (χ1v) is 13.9. The lowest BCUT2D eigenvalue weighted by atomic mass is 10.3. The Hall–Kier alpha value is -3.44. The summed E-state index contributed by atoms with van der Waals surface area (Å²) in [5, 5.41) is 5.28. The van der Waals surface area contributed by atoms with E-state index in [2.05, 4.69) is 138 Å². The number of nitrogens with two attached hydrogens (primary N) is 1. The SMILES string of the molecule is Nc1ccc(N(P(c2ccccc2)c2ccccc2)P(c2ccccc2)c2ccccc2)cc1. The highest BCUT2D eigenvalue weighted by Crippen LogP contribution is 2.56. The van der Waals surface area contributed by atoms with Crippen LogP contribution in [0.15, 0.2) is 146 Å². The second kappa shape index (κ2) is 10.7. The lowest BCUT2D eigenvalue weighted by molar-refractivity contribution is 1.56. The zero-order valence-electron chi connectivity index (χ0n) is 18.8. The fraction of sp³-hybridized carbons (Fsp3) is 0. The second-order valence-electron chi connectivity index (χ2n) is 7.85. The molecule has 0 aromatic heterocycles. The molecule has 0 bridgehead atoms. The molecule has 2 N–H and O–H groups in total. The maximum Gasteiger partial charge on any atom is 0.0590 e. The van der Waals surface area contributed by atoms with Crippen LogP contribution in [0.3, 0.4) is 0 Å². The van der Waals surface area contributed by atoms with Gasteiger partial charge in [0.1, 0.15) is 0 Å². The van der Waals surface area contributed by atoms with Gasteiger partial charge in [-0.05, 0) is 24.3 Å². The topological polar surface area (TPSA) is 29.3 Å². The monoisotopic (exact) mass is 476 g/mol. The van der Waals surface area contributed by atoms with Crippen LogP contribution in [-0.2, 0) is 0 Å². The molecule has 0 aliphatic rings. The van der Waals surface area contributed by atoms with Gasteiger partial charge in [0.25, 0.3) is 0 Å². The first kappa shape index (κ1) is 22.4. The van der Waals surface area contributed by atoms with Crippen LogP contribution in [0.5, 0.6) is 0 Å². The van der Waals surface area contributed by atoms with Crippen molar-refractivity contribution in [3.05, 3.63) is 146 Å². The summed E-state index contributed by atoms with van der Waals surface area (Å²) in [6.45, 7) is 0. The largest absolute Gasteiger partial charge is 0.399 e. The smallest absolute Gasteiger partial charge is 0.0590 e. The van der Waals surface area contributed by atoms with Gasteiger partial charge < -0.3 is 10.2 Å². The molecule has 5 aromatic carbocycles. The highest BCUT2D eigenvalue weighted by molar-refractivity contribution is 7.90. The minimum absolute atomic E-state index is 0.774. The number of nitrogens with zero attached hydrogens (tertiary/aromatic N) is 1. The average Bonchev–Trinajstić information content (AvgIpc) is 2.91. The van der Waals surface area contributed by atoms with Gasteiger partial charge in [-0.25, -0.2) is 0 Å². The predicted molar refractivity (Wildman–Crippen MR) is 151 cm³/mol. The number of benzene rings is 5. The van der Waals surface area contributed by atoms with Gasteiger partial charge in [-0.1, -0.05) is 121 Å². The van der Waals surface area contributed by atoms with E-state index in [1.165, 1.54) is 26.9 Å². The fourth-order valence-electron chi connectivity index (χ4n) is 3.94. The van der Waals surface area contributed by atoms with Crippen molar-refractivity contribution in [1.29, 1.82) is 0 Å². The molecule has 0 saturated carbocycles. The maximum absolute atomic E-state index is 6.12. The summed E-state index contributed by atoms with van der Waals surface area (Å²) in [7, 11) is -1.73. The zero-order chi connectivity index (χ0) is 23.2. The molecule has 0 heterocycles. The van der Waals surface area contributed by atoms with Crippen molar-refractivity contribution in [1.82, 2.24) is 0 Å². The molecule has 0 unspecified atom stereocenters. The van der Waals surface area contributed by atoms with Gasteiger partial charge in [0.05, 0.1) is 16.1 Å². The van der Waals surface area contributed by atoms with Crippen molar-refractivity contribution in [2.75, 3.05) is 10.2 Å². The normalized spacial score (nSPS) is 11.0. The Balaban J connectivity index is 1.79. The van der Waals surface area contributed by atoms with Crippen LogP contribution >= 0.6 is 16.1 Å². The van der Waals surface area contributed by atoms with Gasteiger partial charge in [-0.15, -0.1) is 0 Å². The van der Waals surface area contributed by atoms with Crippen molar-refractivity contribution in [2.45, 2.75) is 0 Å². The van der Waals surface area contributed by atoms with E-state index in [4.69, 9.17) is 5.73 Å². The Morgan fingerprint density at radius 3 is 0.971 bits per heavy atom. The molecular weight excluding hydrogens is 450 g/mol. The number of rotatable bonds is 7. The van der Waals surface area contributed by atoms with Gasteiger partial charge in [0.2, 0.25) is 0 Å². The van der Waals surface area contributed by atoms with Crippen LogP contribution in [0.25, 0.3) is 0 Å². The van der Waals surface area contributed by atoms with Crippen LogP contribution in [-0.4, -0.2) is 0 Å². The lowest BCUT2D eigenvalue weighted by Gasteiger charge is -2.40. The summed E-state index contributed by atoms with van der Waals surface area (Å²) in [5.74, 6) is 0. The molecule has 4 heteroatoms. The highest BCUT2D eigenvalue weighted by atomic mass is 31.2.